The number of carbonyl (C=O) groups excluding carboxylic acids is 2. The summed E-state index contributed by atoms with van der Waals surface area (Å²) in [6.45, 7) is 0.651. The van der Waals surface area contributed by atoms with Gasteiger partial charge in [0.05, 0.1) is 18.1 Å². The van der Waals surface area contributed by atoms with E-state index >= 15 is 0 Å². The minimum atomic E-state index is -4.96. The Bertz CT molecular complexity index is 561. The Morgan fingerprint density at radius 1 is 1.21 bits per heavy atom. The highest BCUT2D eigenvalue weighted by Crippen LogP contribution is 2.47. The number of piperazine rings is 1. The summed E-state index contributed by atoms with van der Waals surface area (Å²) in [5.74, 6) is -5.40. The molecule has 3 aliphatic rings. The molecule has 2 atom stereocenters. The summed E-state index contributed by atoms with van der Waals surface area (Å²) < 4.78 is 64.8. The molecule has 2 heterocycles. The van der Waals surface area contributed by atoms with Gasteiger partial charge >= 0.3 is 12.1 Å². The molecule has 0 unspecified atom stereocenters. The molecule has 1 spiro atoms. The van der Waals surface area contributed by atoms with Crippen molar-refractivity contribution in [2.45, 2.75) is 55.9 Å². The number of hydrogen-bond donors (Lipinski definition) is 1. The third kappa shape index (κ3) is 2.96. The van der Waals surface area contributed by atoms with Gasteiger partial charge in [-0.05, 0) is 19.8 Å². The molecule has 0 radical (unpaired) electrons. The zero-order valence-corrected chi connectivity index (χ0v) is 13.0. The van der Waals surface area contributed by atoms with Gasteiger partial charge in [-0.2, -0.15) is 13.2 Å². The van der Waals surface area contributed by atoms with Gasteiger partial charge in [-0.1, -0.05) is 0 Å². The van der Waals surface area contributed by atoms with Crippen LogP contribution in [0.25, 0.3) is 0 Å². The number of hydrogen-bond acceptors (Lipinski definition) is 3. The maximum absolute atomic E-state index is 13.3. The van der Waals surface area contributed by atoms with Gasteiger partial charge < -0.3 is 9.80 Å². The van der Waals surface area contributed by atoms with Gasteiger partial charge in [0.2, 0.25) is 5.91 Å². The van der Waals surface area contributed by atoms with Crippen LogP contribution in [0.4, 0.5) is 22.0 Å². The Morgan fingerprint density at radius 2 is 1.83 bits per heavy atom. The maximum Gasteiger partial charge on any atom is 0.471 e. The van der Waals surface area contributed by atoms with Crippen LogP contribution in [0.5, 0.6) is 0 Å². The number of halogens is 5. The van der Waals surface area contributed by atoms with Gasteiger partial charge in [0.1, 0.15) is 0 Å². The molecular formula is C14H18F5N3O2. The van der Waals surface area contributed by atoms with Crippen LogP contribution < -0.4 is 5.32 Å². The Morgan fingerprint density at radius 3 is 2.29 bits per heavy atom. The van der Waals surface area contributed by atoms with Crippen molar-refractivity contribution < 1.29 is 31.5 Å². The molecule has 0 aromatic carbocycles. The number of nitrogens with one attached hydrogen (secondary N) is 1. The lowest BCUT2D eigenvalue weighted by molar-refractivity contribution is -0.193. The predicted molar refractivity (Wildman–Crippen MR) is 72.3 cm³/mol. The molecular weight excluding hydrogens is 337 g/mol. The smallest absolute Gasteiger partial charge is 0.334 e. The third-order valence-corrected chi connectivity index (χ3v) is 5.02. The fourth-order valence-electron chi connectivity index (χ4n) is 3.52. The van der Waals surface area contributed by atoms with Crippen molar-refractivity contribution in [3.63, 3.8) is 0 Å². The largest absolute Gasteiger partial charge is 0.471 e. The van der Waals surface area contributed by atoms with E-state index < -0.39 is 54.5 Å². The average Bonchev–Trinajstić information content (AvgIpc) is 3.14. The van der Waals surface area contributed by atoms with Crippen molar-refractivity contribution >= 4 is 11.8 Å². The second-order valence-electron chi connectivity index (χ2n) is 6.95. The summed E-state index contributed by atoms with van der Waals surface area (Å²) in [6.07, 6.45) is -4.83. The lowest BCUT2D eigenvalue weighted by Gasteiger charge is -2.46. The van der Waals surface area contributed by atoms with E-state index in [0.29, 0.717) is 12.8 Å². The van der Waals surface area contributed by atoms with Crippen LogP contribution in [0.1, 0.15) is 26.2 Å². The lowest BCUT2D eigenvalue weighted by Crippen LogP contribution is -2.65. The Labute approximate surface area is 135 Å². The number of alkyl halides is 5. The SMILES string of the molecule is C[C@@H]1CN(C(=O)C(F)(F)F)C2(CC2)CN1C(=O)[C@@H]1CC(F)(F)CN1. The molecule has 1 aliphatic carbocycles. The van der Waals surface area contributed by atoms with Crippen LogP contribution in [-0.4, -0.2) is 71.0 Å². The van der Waals surface area contributed by atoms with Gasteiger partial charge in [-0.3, -0.25) is 14.9 Å². The molecule has 2 amide bonds. The van der Waals surface area contributed by atoms with Crippen LogP contribution in [0.3, 0.4) is 0 Å². The maximum atomic E-state index is 13.3. The molecule has 24 heavy (non-hydrogen) atoms. The molecule has 3 rings (SSSR count). The second-order valence-corrected chi connectivity index (χ2v) is 6.95. The van der Waals surface area contributed by atoms with Crippen molar-refractivity contribution in [2.24, 2.45) is 0 Å². The molecule has 5 nitrogen and oxygen atoms in total. The summed E-state index contributed by atoms with van der Waals surface area (Å²) in [6, 6.07) is -1.70. The molecule has 3 fully saturated rings. The fourth-order valence-corrected chi connectivity index (χ4v) is 3.52. The summed E-state index contributed by atoms with van der Waals surface area (Å²) in [4.78, 5) is 26.3. The first-order valence-electron chi connectivity index (χ1n) is 7.76. The summed E-state index contributed by atoms with van der Waals surface area (Å²) in [5.41, 5.74) is -1.00. The number of nitrogens with zero attached hydrogens (tertiary/aromatic N) is 2. The first-order chi connectivity index (χ1) is 11.0. The molecule has 1 saturated carbocycles. The van der Waals surface area contributed by atoms with Gasteiger partial charge in [-0.15, -0.1) is 0 Å². The van der Waals surface area contributed by atoms with E-state index in [1.54, 1.807) is 0 Å². The van der Waals surface area contributed by atoms with E-state index in [2.05, 4.69) is 5.32 Å². The normalized spacial score (nSPS) is 31.4. The number of carbonyl (C=O) groups is 2. The highest BCUT2D eigenvalue weighted by atomic mass is 19.4. The quantitative estimate of drug-likeness (QED) is 0.718. The molecule has 136 valence electrons. The molecule has 1 N–H and O–H groups in total. The van der Waals surface area contributed by atoms with Crippen LogP contribution in [0.2, 0.25) is 0 Å². The number of rotatable bonds is 1. The van der Waals surface area contributed by atoms with E-state index in [-0.39, 0.29) is 13.1 Å². The predicted octanol–water partition coefficient (Wildman–Crippen LogP) is 1.14. The van der Waals surface area contributed by atoms with E-state index in [1.807, 2.05) is 0 Å². The van der Waals surface area contributed by atoms with Gasteiger partial charge in [0, 0.05) is 25.6 Å². The van der Waals surface area contributed by atoms with E-state index in [4.69, 9.17) is 0 Å². The highest BCUT2D eigenvalue weighted by molar-refractivity contribution is 5.85. The second kappa shape index (κ2) is 5.27. The Balaban J connectivity index is 1.73. The standard InChI is InChI=1S/C14H18F5N3O2/c1-8-5-22(11(24)14(17,18)19)12(2-3-12)7-21(8)10(23)9-4-13(15,16)6-20-9/h8-9,20H,2-7H2,1H3/t8-,9+/m1/s1. The minimum absolute atomic E-state index is 0.0431. The Kier molecular flexibility index (Phi) is 3.82. The first-order valence-corrected chi connectivity index (χ1v) is 7.76. The monoisotopic (exact) mass is 355 g/mol. The minimum Gasteiger partial charge on any atom is -0.334 e. The topological polar surface area (TPSA) is 52.7 Å². The molecule has 0 aromatic heterocycles. The summed E-state index contributed by atoms with van der Waals surface area (Å²) in [7, 11) is 0. The van der Waals surface area contributed by atoms with Gasteiger partial charge in [-0.25, -0.2) is 8.78 Å². The van der Waals surface area contributed by atoms with Crippen molar-refractivity contribution in [2.75, 3.05) is 19.6 Å². The van der Waals surface area contributed by atoms with Crippen LogP contribution in [0, 0.1) is 0 Å². The third-order valence-electron chi connectivity index (χ3n) is 5.02. The zero-order chi connectivity index (χ0) is 17.9. The summed E-state index contributed by atoms with van der Waals surface area (Å²) in [5, 5.41) is 2.47. The molecule has 0 bridgehead atoms. The van der Waals surface area contributed by atoms with Crippen molar-refractivity contribution in [3.05, 3.63) is 0 Å². The average molecular weight is 355 g/mol. The van der Waals surface area contributed by atoms with Gasteiger partial charge in [0.15, 0.2) is 0 Å². The van der Waals surface area contributed by atoms with E-state index in [9.17, 15) is 31.5 Å². The van der Waals surface area contributed by atoms with Crippen LogP contribution >= 0.6 is 0 Å². The highest BCUT2D eigenvalue weighted by Gasteiger charge is 2.60. The number of amides is 2. The van der Waals surface area contributed by atoms with Crippen LogP contribution in [-0.2, 0) is 9.59 Å². The van der Waals surface area contributed by atoms with Crippen LogP contribution in [0.15, 0.2) is 0 Å². The molecule has 2 saturated heterocycles. The molecule has 10 heteroatoms. The fraction of sp³-hybridized carbons (Fsp3) is 0.857. The van der Waals surface area contributed by atoms with E-state index in [1.165, 1.54) is 11.8 Å². The molecule has 2 aliphatic heterocycles. The lowest BCUT2D eigenvalue weighted by atomic mass is 10.0. The summed E-state index contributed by atoms with van der Waals surface area (Å²) >= 11 is 0. The van der Waals surface area contributed by atoms with E-state index in [0.717, 1.165) is 4.90 Å². The van der Waals surface area contributed by atoms with Crippen molar-refractivity contribution in [3.8, 4) is 0 Å². The first kappa shape index (κ1) is 17.4. The molecule has 0 aromatic rings. The van der Waals surface area contributed by atoms with Crippen molar-refractivity contribution in [1.82, 2.24) is 15.1 Å². The Hall–Kier alpha value is -1.45. The zero-order valence-electron chi connectivity index (χ0n) is 13.0. The van der Waals surface area contributed by atoms with Crippen molar-refractivity contribution in [1.29, 1.82) is 0 Å². The van der Waals surface area contributed by atoms with Gasteiger partial charge in [0.25, 0.3) is 5.92 Å².